The predicted octanol–water partition coefficient (Wildman–Crippen LogP) is 3.70. The van der Waals surface area contributed by atoms with E-state index in [1.807, 2.05) is 7.05 Å². The number of benzene rings is 1. The molecule has 7 heteroatoms. The van der Waals surface area contributed by atoms with Gasteiger partial charge in [-0.3, -0.25) is 5.32 Å². The van der Waals surface area contributed by atoms with E-state index in [1.54, 1.807) is 12.1 Å². The van der Waals surface area contributed by atoms with Crippen molar-refractivity contribution in [2.45, 2.75) is 39.2 Å². The van der Waals surface area contributed by atoms with E-state index < -0.39 is 0 Å². The summed E-state index contributed by atoms with van der Waals surface area (Å²) in [6.07, 6.45) is 8.00. The summed E-state index contributed by atoms with van der Waals surface area (Å²) in [6.45, 7) is 9.86. The lowest BCUT2D eigenvalue weighted by Gasteiger charge is -2.21. The third kappa shape index (κ3) is 4.52. The molecule has 28 heavy (non-hydrogen) atoms. The van der Waals surface area contributed by atoms with Gasteiger partial charge in [0.2, 0.25) is 5.95 Å². The smallest absolute Gasteiger partial charge is 0.227 e. The SMILES string of the molecule is C#C.CNc1nc(NCNC(C)C)nc2c1C(C)(C)CN2c1ccc(F)cc1. The van der Waals surface area contributed by atoms with Crippen LogP contribution in [0.4, 0.5) is 27.7 Å². The van der Waals surface area contributed by atoms with Crippen LogP contribution in [0.2, 0.25) is 0 Å². The van der Waals surface area contributed by atoms with Crippen molar-refractivity contribution in [2.75, 3.05) is 35.8 Å². The fraction of sp³-hybridized carbons (Fsp3) is 0.429. The van der Waals surface area contributed by atoms with Crippen molar-refractivity contribution in [1.82, 2.24) is 15.3 Å². The summed E-state index contributed by atoms with van der Waals surface area (Å²) in [5.74, 6) is 1.99. The number of halogens is 1. The summed E-state index contributed by atoms with van der Waals surface area (Å²) in [4.78, 5) is 11.5. The first kappa shape index (κ1) is 21.5. The molecule has 2 aromatic rings. The van der Waals surface area contributed by atoms with E-state index >= 15 is 0 Å². The number of hydrogen-bond acceptors (Lipinski definition) is 6. The number of rotatable bonds is 6. The topological polar surface area (TPSA) is 65.1 Å². The number of anilines is 4. The molecule has 2 heterocycles. The summed E-state index contributed by atoms with van der Waals surface area (Å²) < 4.78 is 13.3. The minimum absolute atomic E-state index is 0.128. The first-order chi connectivity index (χ1) is 13.3. The van der Waals surface area contributed by atoms with Crippen LogP contribution < -0.4 is 20.9 Å². The van der Waals surface area contributed by atoms with Crippen LogP contribution in [-0.4, -0.2) is 36.3 Å². The molecule has 0 atom stereocenters. The normalized spacial score (nSPS) is 14.2. The minimum Gasteiger partial charge on any atom is -0.373 e. The molecule has 0 aliphatic carbocycles. The molecule has 0 radical (unpaired) electrons. The molecule has 3 N–H and O–H groups in total. The third-order valence-corrected chi connectivity index (χ3v) is 4.51. The van der Waals surface area contributed by atoms with Crippen molar-refractivity contribution in [3.05, 3.63) is 35.6 Å². The standard InChI is InChI=1S/C19H27FN6.C2H2/c1-12(2)22-11-23-18-24-16(21-5)15-17(25-18)26(10-19(15,3)4)14-8-6-13(20)7-9-14;1-2/h6-9,12,22H,10-11H2,1-5H3,(H2,21,23,24,25);1-2H. The highest BCUT2D eigenvalue weighted by atomic mass is 19.1. The summed E-state index contributed by atoms with van der Waals surface area (Å²) in [6, 6.07) is 6.90. The summed E-state index contributed by atoms with van der Waals surface area (Å²) in [5, 5.41) is 9.73. The Bertz CT molecular complexity index is 814. The van der Waals surface area contributed by atoms with Gasteiger partial charge in [-0.15, -0.1) is 12.8 Å². The number of nitrogens with zero attached hydrogens (tertiary/aromatic N) is 3. The maximum atomic E-state index is 13.3. The fourth-order valence-electron chi connectivity index (χ4n) is 3.25. The Balaban J connectivity index is 0.00000136. The number of hydrogen-bond donors (Lipinski definition) is 3. The number of aromatic nitrogens is 2. The molecule has 0 amide bonds. The molecule has 0 saturated heterocycles. The Labute approximate surface area is 167 Å². The van der Waals surface area contributed by atoms with Crippen molar-refractivity contribution < 1.29 is 4.39 Å². The first-order valence-corrected chi connectivity index (χ1v) is 9.26. The minimum atomic E-state index is -0.242. The van der Waals surface area contributed by atoms with E-state index in [1.165, 1.54) is 12.1 Å². The molecule has 6 nitrogen and oxygen atoms in total. The van der Waals surface area contributed by atoms with Gasteiger partial charge in [-0.2, -0.15) is 9.97 Å². The van der Waals surface area contributed by atoms with Crippen molar-refractivity contribution in [1.29, 1.82) is 0 Å². The van der Waals surface area contributed by atoms with E-state index in [2.05, 4.69) is 66.4 Å². The molecule has 1 aliphatic heterocycles. The molecule has 150 valence electrons. The second-order valence-corrected chi connectivity index (χ2v) is 7.50. The van der Waals surface area contributed by atoms with E-state index in [9.17, 15) is 4.39 Å². The highest BCUT2D eigenvalue weighted by Gasteiger charge is 2.40. The van der Waals surface area contributed by atoms with Gasteiger partial charge in [-0.05, 0) is 38.1 Å². The zero-order valence-corrected chi connectivity index (χ0v) is 17.2. The Hall–Kier alpha value is -2.85. The molecular formula is C21H29FN6. The van der Waals surface area contributed by atoms with Crippen LogP contribution in [0.25, 0.3) is 0 Å². The second kappa shape index (κ2) is 8.89. The van der Waals surface area contributed by atoms with E-state index in [-0.39, 0.29) is 11.2 Å². The maximum Gasteiger partial charge on any atom is 0.227 e. The monoisotopic (exact) mass is 384 g/mol. The Kier molecular flexibility index (Phi) is 6.81. The number of fused-ring (bicyclic) bond motifs is 1. The van der Waals surface area contributed by atoms with Gasteiger partial charge in [0.05, 0.1) is 6.67 Å². The molecule has 1 aromatic carbocycles. The van der Waals surface area contributed by atoms with Crippen molar-refractivity contribution in [3.8, 4) is 12.8 Å². The van der Waals surface area contributed by atoms with Crippen LogP contribution in [0.1, 0.15) is 33.3 Å². The highest BCUT2D eigenvalue weighted by molar-refractivity contribution is 5.75. The Morgan fingerprint density at radius 3 is 2.39 bits per heavy atom. The molecule has 0 saturated carbocycles. The third-order valence-electron chi connectivity index (χ3n) is 4.51. The average Bonchev–Trinajstić information content (AvgIpc) is 2.94. The van der Waals surface area contributed by atoms with Crippen molar-refractivity contribution in [2.24, 2.45) is 0 Å². The Morgan fingerprint density at radius 1 is 1.18 bits per heavy atom. The van der Waals surface area contributed by atoms with Gasteiger partial charge < -0.3 is 15.5 Å². The van der Waals surface area contributed by atoms with E-state index in [4.69, 9.17) is 4.98 Å². The van der Waals surface area contributed by atoms with Crippen LogP contribution >= 0.6 is 0 Å². The molecule has 3 rings (SSSR count). The predicted molar refractivity (Wildman–Crippen MR) is 115 cm³/mol. The summed E-state index contributed by atoms with van der Waals surface area (Å²) in [7, 11) is 1.87. The quantitative estimate of drug-likeness (QED) is 0.521. The molecular weight excluding hydrogens is 355 g/mol. The van der Waals surface area contributed by atoms with E-state index in [0.717, 1.165) is 29.4 Å². The first-order valence-electron chi connectivity index (χ1n) is 9.26. The molecule has 1 aromatic heterocycles. The lowest BCUT2D eigenvalue weighted by molar-refractivity contribution is 0.569. The molecule has 0 spiro atoms. The van der Waals surface area contributed by atoms with Crippen LogP contribution in [0.15, 0.2) is 24.3 Å². The van der Waals surface area contributed by atoms with Gasteiger partial charge in [0.25, 0.3) is 0 Å². The highest BCUT2D eigenvalue weighted by Crippen LogP contribution is 2.46. The largest absolute Gasteiger partial charge is 0.373 e. The van der Waals surface area contributed by atoms with Gasteiger partial charge >= 0.3 is 0 Å². The second-order valence-electron chi connectivity index (χ2n) is 7.50. The summed E-state index contributed by atoms with van der Waals surface area (Å²) in [5.41, 5.74) is 1.87. The van der Waals surface area contributed by atoms with Crippen LogP contribution in [0.3, 0.4) is 0 Å². The Morgan fingerprint density at radius 2 is 1.82 bits per heavy atom. The van der Waals surface area contributed by atoms with Crippen LogP contribution in [-0.2, 0) is 5.41 Å². The maximum absolute atomic E-state index is 13.3. The number of nitrogens with one attached hydrogen (secondary N) is 3. The van der Waals surface area contributed by atoms with Gasteiger partial charge in [-0.25, -0.2) is 4.39 Å². The van der Waals surface area contributed by atoms with Crippen molar-refractivity contribution >= 4 is 23.3 Å². The molecule has 0 fully saturated rings. The zero-order chi connectivity index (χ0) is 20.9. The molecule has 0 bridgehead atoms. The lowest BCUT2D eigenvalue weighted by Crippen LogP contribution is -2.29. The van der Waals surface area contributed by atoms with Gasteiger partial charge in [-0.1, -0.05) is 13.8 Å². The van der Waals surface area contributed by atoms with Crippen LogP contribution in [0, 0.1) is 18.7 Å². The zero-order valence-electron chi connectivity index (χ0n) is 17.2. The lowest BCUT2D eigenvalue weighted by atomic mass is 9.88. The van der Waals surface area contributed by atoms with Crippen LogP contribution in [0.5, 0.6) is 0 Å². The van der Waals surface area contributed by atoms with E-state index in [0.29, 0.717) is 18.7 Å². The molecule has 0 unspecified atom stereocenters. The van der Waals surface area contributed by atoms with Crippen molar-refractivity contribution in [3.63, 3.8) is 0 Å². The fourth-order valence-corrected chi connectivity index (χ4v) is 3.25. The summed E-state index contributed by atoms with van der Waals surface area (Å²) >= 11 is 0. The van der Waals surface area contributed by atoms with Gasteiger partial charge in [0, 0.05) is 36.3 Å². The average molecular weight is 385 g/mol. The van der Waals surface area contributed by atoms with Gasteiger partial charge in [0.1, 0.15) is 17.5 Å². The molecule has 1 aliphatic rings. The number of terminal acetylenes is 1. The van der Waals surface area contributed by atoms with Gasteiger partial charge in [0.15, 0.2) is 0 Å².